The van der Waals surface area contributed by atoms with E-state index in [1.807, 2.05) is 47.5 Å². The molecule has 1 saturated heterocycles. The second-order valence-corrected chi connectivity index (χ2v) is 7.62. The maximum absolute atomic E-state index is 12.2. The van der Waals surface area contributed by atoms with Crippen LogP contribution in [0.3, 0.4) is 0 Å². The number of carbonyl (C=O) groups is 2. The molecule has 5 rings (SSSR count). The smallest absolute Gasteiger partial charge is 0.226 e. The number of benzene rings is 1. The Bertz CT molecular complexity index is 1030. The zero-order valence-electron chi connectivity index (χ0n) is 15.6. The average Bonchev–Trinajstić information content (AvgIpc) is 3.37. The molecule has 2 fully saturated rings. The molecule has 1 aliphatic carbocycles. The number of aromatic amines is 1. The van der Waals surface area contributed by atoms with Crippen LogP contribution in [-0.4, -0.2) is 46.3 Å². The van der Waals surface area contributed by atoms with E-state index >= 15 is 0 Å². The Kier molecular flexibility index (Phi) is 4.11. The molecule has 0 spiro atoms. The Morgan fingerprint density at radius 1 is 1.21 bits per heavy atom. The summed E-state index contributed by atoms with van der Waals surface area (Å²) in [6.07, 6.45) is 6.36. The Morgan fingerprint density at radius 3 is 2.64 bits per heavy atom. The number of hydrogen-bond acceptors (Lipinski definition) is 3. The highest BCUT2D eigenvalue weighted by atomic mass is 16.2. The van der Waals surface area contributed by atoms with Crippen LogP contribution in [0.15, 0.2) is 42.6 Å². The molecule has 0 bridgehead atoms. The summed E-state index contributed by atoms with van der Waals surface area (Å²) in [5.41, 5.74) is 3.88. The molecule has 3 heterocycles. The number of nitrogens with zero attached hydrogens (tertiary/aromatic N) is 3. The lowest BCUT2D eigenvalue weighted by Crippen LogP contribution is -2.42. The van der Waals surface area contributed by atoms with Crippen molar-refractivity contribution in [2.75, 3.05) is 18.0 Å². The molecule has 6 heteroatoms. The van der Waals surface area contributed by atoms with E-state index in [1.165, 1.54) is 0 Å². The maximum atomic E-state index is 12.2. The third-order valence-corrected chi connectivity index (χ3v) is 5.66. The molecule has 6 nitrogen and oxygen atoms in total. The van der Waals surface area contributed by atoms with Gasteiger partial charge in [0.15, 0.2) is 0 Å². The average molecular weight is 374 g/mol. The number of likely N-dealkylation sites (tertiary alicyclic amines) is 1. The number of pyridine rings is 1. The van der Waals surface area contributed by atoms with E-state index < -0.39 is 0 Å². The topological polar surface area (TPSA) is 69.3 Å². The molecule has 2 aliphatic rings. The number of rotatable bonds is 6. The summed E-state index contributed by atoms with van der Waals surface area (Å²) in [6, 6.07) is 12.4. The number of hydrogen-bond donors (Lipinski definition) is 1. The van der Waals surface area contributed by atoms with Crippen molar-refractivity contribution in [1.82, 2.24) is 14.9 Å². The standard InChI is InChI=1S/C22H22N4O2/c27-14-26(17-6-7-17)20-13-19(18-8-9-23-22(18)24-20)16-4-2-15(3-5-16)12-21(28)25-10-1-11-25/h2-5,8-9,13-14,17H,1,6-7,10-12H2,(H,23,24). The monoisotopic (exact) mass is 374 g/mol. The number of H-pyrrole nitrogens is 1. The van der Waals surface area contributed by atoms with Gasteiger partial charge in [-0.2, -0.15) is 0 Å². The first-order chi connectivity index (χ1) is 13.7. The van der Waals surface area contributed by atoms with Gasteiger partial charge in [-0.3, -0.25) is 14.5 Å². The van der Waals surface area contributed by atoms with Crippen molar-refractivity contribution in [3.8, 4) is 11.1 Å². The summed E-state index contributed by atoms with van der Waals surface area (Å²) in [5.74, 6) is 0.878. The van der Waals surface area contributed by atoms with Gasteiger partial charge in [0.05, 0.1) is 6.42 Å². The highest BCUT2D eigenvalue weighted by molar-refractivity contribution is 5.96. The van der Waals surface area contributed by atoms with E-state index in [0.717, 1.165) is 66.5 Å². The fraction of sp³-hybridized carbons (Fsp3) is 0.318. The third-order valence-electron chi connectivity index (χ3n) is 5.66. The van der Waals surface area contributed by atoms with Crippen LogP contribution in [0, 0.1) is 0 Å². The second-order valence-electron chi connectivity index (χ2n) is 7.62. The van der Waals surface area contributed by atoms with E-state index in [1.54, 1.807) is 4.90 Å². The molecule has 28 heavy (non-hydrogen) atoms. The molecule has 0 atom stereocenters. The van der Waals surface area contributed by atoms with Gasteiger partial charge < -0.3 is 9.88 Å². The van der Waals surface area contributed by atoms with Crippen LogP contribution in [0.1, 0.15) is 24.8 Å². The molecular formula is C22H22N4O2. The van der Waals surface area contributed by atoms with E-state index in [0.29, 0.717) is 12.2 Å². The van der Waals surface area contributed by atoms with Crippen LogP contribution in [0.5, 0.6) is 0 Å². The number of nitrogens with one attached hydrogen (secondary N) is 1. The van der Waals surface area contributed by atoms with Gasteiger partial charge in [0.25, 0.3) is 0 Å². The molecule has 142 valence electrons. The third kappa shape index (κ3) is 3.05. The predicted octanol–water partition coefficient (Wildman–Crippen LogP) is 3.13. The number of carbonyl (C=O) groups excluding carboxylic acids is 2. The minimum Gasteiger partial charge on any atom is -0.346 e. The highest BCUT2D eigenvalue weighted by Gasteiger charge is 2.30. The number of amides is 2. The minimum atomic E-state index is 0.198. The van der Waals surface area contributed by atoms with Crippen LogP contribution in [0.25, 0.3) is 22.2 Å². The van der Waals surface area contributed by atoms with Crippen LogP contribution >= 0.6 is 0 Å². The van der Waals surface area contributed by atoms with Crippen molar-refractivity contribution < 1.29 is 9.59 Å². The summed E-state index contributed by atoms with van der Waals surface area (Å²) in [6.45, 7) is 1.77. The quantitative estimate of drug-likeness (QED) is 0.674. The van der Waals surface area contributed by atoms with Crippen LogP contribution in [0.2, 0.25) is 0 Å². The summed E-state index contributed by atoms with van der Waals surface area (Å²) < 4.78 is 0. The van der Waals surface area contributed by atoms with Crippen molar-refractivity contribution in [2.24, 2.45) is 0 Å². The van der Waals surface area contributed by atoms with E-state index in [-0.39, 0.29) is 11.9 Å². The lowest BCUT2D eigenvalue weighted by Gasteiger charge is -2.30. The van der Waals surface area contributed by atoms with E-state index in [9.17, 15) is 9.59 Å². The van der Waals surface area contributed by atoms with E-state index in [4.69, 9.17) is 0 Å². The molecule has 0 radical (unpaired) electrons. The SMILES string of the molecule is O=CN(c1cc(-c2ccc(CC(=O)N3CCC3)cc2)c2cc[nH]c2n1)C1CC1. The van der Waals surface area contributed by atoms with Crippen molar-refractivity contribution in [1.29, 1.82) is 0 Å². The van der Waals surface area contributed by atoms with Gasteiger partial charge in [-0.15, -0.1) is 0 Å². The first-order valence-corrected chi connectivity index (χ1v) is 9.82. The van der Waals surface area contributed by atoms with Crippen molar-refractivity contribution in [3.63, 3.8) is 0 Å². The zero-order chi connectivity index (χ0) is 19.1. The van der Waals surface area contributed by atoms with Gasteiger partial charge in [-0.05, 0) is 48.1 Å². The fourth-order valence-electron chi connectivity index (χ4n) is 3.73. The maximum Gasteiger partial charge on any atom is 0.226 e. The molecule has 0 unspecified atom stereocenters. The first kappa shape index (κ1) is 17.0. The van der Waals surface area contributed by atoms with Gasteiger partial charge in [-0.25, -0.2) is 4.98 Å². The second kappa shape index (κ2) is 6.78. The van der Waals surface area contributed by atoms with Crippen molar-refractivity contribution >= 4 is 29.2 Å². The number of anilines is 1. The largest absolute Gasteiger partial charge is 0.346 e. The lowest BCUT2D eigenvalue weighted by atomic mass is 10.0. The first-order valence-electron chi connectivity index (χ1n) is 9.82. The van der Waals surface area contributed by atoms with Crippen LogP contribution < -0.4 is 4.90 Å². The Morgan fingerprint density at radius 2 is 2.00 bits per heavy atom. The molecule has 3 aromatic rings. The molecule has 1 N–H and O–H groups in total. The van der Waals surface area contributed by atoms with Gasteiger partial charge in [0.2, 0.25) is 12.3 Å². The Balaban J connectivity index is 1.47. The van der Waals surface area contributed by atoms with Gasteiger partial charge in [-0.1, -0.05) is 24.3 Å². The Labute approximate surface area is 163 Å². The highest BCUT2D eigenvalue weighted by Crippen LogP contribution is 2.35. The van der Waals surface area contributed by atoms with Gasteiger partial charge in [0.1, 0.15) is 11.5 Å². The van der Waals surface area contributed by atoms with Crippen LogP contribution in [-0.2, 0) is 16.0 Å². The molecule has 1 aliphatic heterocycles. The van der Waals surface area contributed by atoms with Crippen molar-refractivity contribution in [3.05, 3.63) is 48.2 Å². The molecule has 2 aromatic heterocycles. The summed E-state index contributed by atoms with van der Waals surface area (Å²) in [7, 11) is 0. The summed E-state index contributed by atoms with van der Waals surface area (Å²) >= 11 is 0. The Hall–Kier alpha value is -3.15. The molecular weight excluding hydrogens is 352 g/mol. The zero-order valence-corrected chi connectivity index (χ0v) is 15.6. The minimum absolute atomic E-state index is 0.198. The molecule has 1 saturated carbocycles. The molecule has 2 amide bonds. The fourth-order valence-corrected chi connectivity index (χ4v) is 3.73. The summed E-state index contributed by atoms with van der Waals surface area (Å²) in [4.78, 5) is 35.2. The van der Waals surface area contributed by atoms with Crippen LogP contribution in [0.4, 0.5) is 5.82 Å². The number of fused-ring (bicyclic) bond motifs is 1. The summed E-state index contributed by atoms with van der Waals surface area (Å²) in [5, 5.41) is 1.02. The lowest BCUT2D eigenvalue weighted by molar-refractivity contribution is -0.133. The number of aromatic nitrogens is 2. The van der Waals surface area contributed by atoms with Crippen molar-refractivity contribution in [2.45, 2.75) is 31.7 Å². The van der Waals surface area contributed by atoms with Gasteiger partial charge in [0, 0.05) is 30.7 Å². The molecule has 1 aromatic carbocycles. The predicted molar refractivity (Wildman–Crippen MR) is 108 cm³/mol. The van der Waals surface area contributed by atoms with Gasteiger partial charge >= 0.3 is 0 Å². The normalized spacial score (nSPS) is 16.1. The van der Waals surface area contributed by atoms with E-state index in [2.05, 4.69) is 9.97 Å².